The summed E-state index contributed by atoms with van der Waals surface area (Å²) < 4.78 is 10.5. The summed E-state index contributed by atoms with van der Waals surface area (Å²) >= 11 is 0. The fraction of sp³-hybridized carbons (Fsp3) is 0.0455. The van der Waals surface area contributed by atoms with Gasteiger partial charge in [-0.25, -0.2) is 9.69 Å². The Kier molecular flexibility index (Phi) is 4.37. The van der Waals surface area contributed by atoms with E-state index in [0.717, 1.165) is 4.90 Å². The molecule has 0 bridgehead atoms. The Bertz CT molecular complexity index is 1050. The van der Waals surface area contributed by atoms with Crippen LogP contribution in [-0.2, 0) is 4.74 Å². The lowest BCUT2D eigenvalue weighted by Gasteiger charge is -2.15. The summed E-state index contributed by atoms with van der Waals surface area (Å²) in [6.45, 7) is 0. The highest BCUT2D eigenvalue weighted by Crippen LogP contribution is 2.31. The third-order valence-electron chi connectivity index (χ3n) is 4.38. The highest BCUT2D eigenvalue weighted by Gasteiger charge is 2.36. The molecule has 0 saturated heterocycles. The maximum absolute atomic E-state index is 12.6. The monoisotopic (exact) mass is 373 g/mol. The van der Waals surface area contributed by atoms with Crippen LogP contribution in [0.2, 0.25) is 0 Å². The first-order chi connectivity index (χ1) is 13.6. The highest BCUT2D eigenvalue weighted by atomic mass is 16.5. The Morgan fingerprint density at radius 2 is 1.43 bits per heavy atom. The summed E-state index contributed by atoms with van der Waals surface area (Å²) in [6.07, 6.45) is 0. The van der Waals surface area contributed by atoms with Gasteiger partial charge in [-0.2, -0.15) is 0 Å². The number of hydrogen-bond acceptors (Lipinski definition) is 5. The number of anilines is 1. The van der Waals surface area contributed by atoms with Crippen LogP contribution < -0.4 is 9.64 Å². The Morgan fingerprint density at radius 3 is 2.04 bits per heavy atom. The van der Waals surface area contributed by atoms with Gasteiger partial charge in [-0.05, 0) is 48.5 Å². The van der Waals surface area contributed by atoms with E-state index in [4.69, 9.17) is 4.74 Å². The van der Waals surface area contributed by atoms with Crippen molar-refractivity contribution in [2.24, 2.45) is 0 Å². The van der Waals surface area contributed by atoms with Crippen LogP contribution in [-0.4, -0.2) is 24.9 Å². The molecule has 0 fully saturated rings. The van der Waals surface area contributed by atoms with Gasteiger partial charge in [0.15, 0.2) is 0 Å². The first-order valence-corrected chi connectivity index (χ1v) is 8.52. The third kappa shape index (κ3) is 3.01. The summed E-state index contributed by atoms with van der Waals surface area (Å²) in [5, 5.41) is 0. The van der Waals surface area contributed by atoms with Gasteiger partial charge in [0.05, 0.1) is 29.5 Å². The smallest absolute Gasteiger partial charge is 0.337 e. The van der Waals surface area contributed by atoms with Crippen LogP contribution in [0.1, 0.15) is 31.1 Å². The van der Waals surface area contributed by atoms with Crippen molar-refractivity contribution in [3.8, 4) is 11.5 Å². The van der Waals surface area contributed by atoms with Gasteiger partial charge in [0.25, 0.3) is 11.8 Å². The number of methoxy groups -OCH3 is 1. The number of fused-ring (bicyclic) bond motifs is 1. The Hall–Kier alpha value is -3.93. The molecule has 0 atom stereocenters. The van der Waals surface area contributed by atoms with Crippen molar-refractivity contribution in [3.05, 3.63) is 89.5 Å². The van der Waals surface area contributed by atoms with Gasteiger partial charge in [-0.15, -0.1) is 0 Å². The van der Waals surface area contributed by atoms with Crippen molar-refractivity contribution in [1.29, 1.82) is 0 Å². The van der Waals surface area contributed by atoms with E-state index in [1.165, 1.54) is 7.11 Å². The molecule has 0 radical (unpaired) electrons. The second-order valence-electron chi connectivity index (χ2n) is 6.11. The molecular weight excluding hydrogens is 358 g/mol. The second-order valence-corrected chi connectivity index (χ2v) is 6.11. The maximum Gasteiger partial charge on any atom is 0.337 e. The van der Waals surface area contributed by atoms with Gasteiger partial charge in [0.2, 0.25) is 0 Å². The Balaban J connectivity index is 1.58. The second kappa shape index (κ2) is 7.00. The molecule has 6 heteroatoms. The molecule has 0 aromatic heterocycles. The summed E-state index contributed by atoms with van der Waals surface area (Å²) in [5.74, 6) is -0.188. The van der Waals surface area contributed by atoms with Crippen molar-refractivity contribution in [3.63, 3.8) is 0 Å². The van der Waals surface area contributed by atoms with Gasteiger partial charge in [0.1, 0.15) is 11.5 Å². The standard InChI is InChI=1S/C22H15NO5/c1-27-22(26)14-9-11-16(12-10-14)28-17-6-4-5-15(13-17)23-20(24)18-7-2-3-8-19(18)21(23)25/h2-13H,1H3. The predicted molar refractivity (Wildman–Crippen MR) is 102 cm³/mol. The molecule has 1 aliphatic rings. The van der Waals surface area contributed by atoms with E-state index in [2.05, 4.69) is 4.74 Å². The first kappa shape index (κ1) is 17.5. The number of hydrogen-bond donors (Lipinski definition) is 0. The van der Waals surface area contributed by atoms with Crippen LogP contribution in [0.3, 0.4) is 0 Å². The Labute approximate surface area is 160 Å². The zero-order valence-electron chi connectivity index (χ0n) is 14.9. The number of carbonyl (C=O) groups is 3. The zero-order chi connectivity index (χ0) is 19.7. The molecule has 138 valence electrons. The fourth-order valence-electron chi connectivity index (χ4n) is 3.02. The van der Waals surface area contributed by atoms with Crippen LogP contribution in [0.25, 0.3) is 0 Å². The van der Waals surface area contributed by atoms with Gasteiger partial charge < -0.3 is 9.47 Å². The average molecular weight is 373 g/mol. The van der Waals surface area contributed by atoms with E-state index in [9.17, 15) is 14.4 Å². The van der Waals surface area contributed by atoms with E-state index < -0.39 is 5.97 Å². The number of benzene rings is 3. The number of imide groups is 1. The largest absolute Gasteiger partial charge is 0.465 e. The molecule has 3 aromatic rings. The van der Waals surface area contributed by atoms with Crippen molar-refractivity contribution >= 4 is 23.5 Å². The maximum atomic E-state index is 12.6. The number of nitrogens with zero attached hydrogens (tertiary/aromatic N) is 1. The molecule has 6 nitrogen and oxygen atoms in total. The summed E-state index contributed by atoms with van der Waals surface area (Å²) in [5.41, 5.74) is 1.61. The molecular formula is C22H15NO5. The fourth-order valence-corrected chi connectivity index (χ4v) is 3.02. The summed E-state index contributed by atoms with van der Waals surface area (Å²) in [6, 6.07) is 19.9. The quantitative estimate of drug-likeness (QED) is 0.509. The lowest BCUT2D eigenvalue weighted by atomic mass is 10.1. The molecule has 0 aliphatic carbocycles. The molecule has 1 aliphatic heterocycles. The molecule has 4 rings (SSSR count). The normalized spacial score (nSPS) is 12.7. The molecule has 1 heterocycles. The van der Waals surface area contributed by atoms with Crippen LogP contribution in [0, 0.1) is 0 Å². The van der Waals surface area contributed by atoms with E-state index in [1.807, 2.05) is 0 Å². The SMILES string of the molecule is COC(=O)c1ccc(Oc2cccc(N3C(=O)c4ccccc4C3=O)c2)cc1. The number of amides is 2. The molecule has 2 amide bonds. The third-order valence-corrected chi connectivity index (χ3v) is 4.38. The van der Waals surface area contributed by atoms with Crippen molar-refractivity contribution < 1.29 is 23.9 Å². The van der Waals surface area contributed by atoms with Crippen molar-refractivity contribution in [1.82, 2.24) is 0 Å². The van der Waals surface area contributed by atoms with Crippen LogP contribution in [0.15, 0.2) is 72.8 Å². The average Bonchev–Trinajstić information content (AvgIpc) is 2.99. The predicted octanol–water partition coefficient (Wildman–Crippen LogP) is 4.07. The molecule has 28 heavy (non-hydrogen) atoms. The van der Waals surface area contributed by atoms with Crippen molar-refractivity contribution in [2.75, 3.05) is 12.0 Å². The van der Waals surface area contributed by atoms with Crippen LogP contribution >= 0.6 is 0 Å². The van der Waals surface area contributed by atoms with Crippen LogP contribution in [0.5, 0.6) is 11.5 Å². The first-order valence-electron chi connectivity index (χ1n) is 8.52. The number of ether oxygens (including phenoxy) is 2. The molecule has 3 aromatic carbocycles. The topological polar surface area (TPSA) is 72.9 Å². The minimum Gasteiger partial charge on any atom is -0.465 e. The molecule has 0 unspecified atom stereocenters. The molecule has 0 saturated carbocycles. The summed E-state index contributed by atoms with van der Waals surface area (Å²) in [4.78, 5) is 37.9. The number of carbonyl (C=O) groups excluding carboxylic acids is 3. The minimum absolute atomic E-state index is 0.361. The number of esters is 1. The lowest BCUT2D eigenvalue weighted by Crippen LogP contribution is -2.29. The van der Waals surface area contributed by atoms with Gasteiger partial charge >= 0.3 is 5.97 Å². The van der Waals surface area contributed by atoms with Gasteiger partial charge in [-0.1, -0.05) is 18.2 Å². The van der Waals surface area contributed by atoms with Gasteiger partial charge in [0, 0.05) is 6.07 Å². The molecule has 0 spiro atoms. The zero-order valence-corrected chi connectivity index (χ0v) is 14.9. The van der Waals surface area contributed by atoms with E-state index >= 15 is 0 Å². The van der Waals surface area contributed by atoms with Gasteiger partial charge in [-0.3, -0.25) is 9.59 Å². The molecule has 0 N–H and O–H groups in total. The van der Waals surface area contributed by atoms with Crippen molar-refractivity contribution in [2.45, 2.75) is 0 Å². The Morgan fingerprint density at radius 1 is 0.786 bits per heavy atom. The van der Waals surface area contributed by atoms with E-state index in [0.29, 0.717) is 33.9 Å². The minimum atomic E-state index is -0.431. The van der Waals surface area contributed by atoms with Crippen LogP contribution in [0.4, 0.5) is 5.69 Å². The van der Waals surface area contributed by atoms with E-state index in [1.54, 1.807) is 72.8 Å². The summed E-state index contributed by atoms with van der Waals surface area (Å²) in [7, 11) is 1.32. The number of rotatable bonds is 4. The van der Waals surface area contributed by atoms with E-state index in [-0.39, 0.29) is 11.8 Å². The lowest BCUT2D eigenvalue weighted by molar-refractivity contribution is 0.0600. The highest BCUT2D eigenvalue weighted by molar-refractivity contribution is 6.34.